The number of aliphatic imine (C=N–C) groups is 1. The highest BCUT2D eigenvalue weighted by molar-refractivity contribution is 5.55. The minimum atomic E-state index is 0.643. The molecule has 0 fully saturated rings. The van der Waals surface area contributed by atoms with Gasteiger partial charge in [0.25, 0.3) is 0 Å². The molecule has 0 atom stereocenters. The fourth-order valence-electron chi connectivity index (χ4n) is 1.18. The van der Waals surface area contributed by atoms with E-state index in [2.05, 4.69) is 17.0 Å². The van der Waals surface area contributed by atoms with Crippen molar-refractivity contribution in [1.82, 2.24) is 9.78 Å². The van der Waals surface area contributed by atoms with Gasteiger partial charge in [-0.15, -0.1) is 0 Å². The molecule has 0 unspecified atom stereocenters. The summed E-state index contributed by atoms with van der Waals surface area (Å²) >= 11 is 0. The Morgan fingerprint density at radius 3 is 3.00 bits per heavy atom. The van der Waals surface area contributed by atoms with Crippen LogP contribution in [-0.2, 0) is 11.3 Å². The standard InChI is InChI=1S/C10H17N3O/c1-4-6-13-10(9(3)7-12-13)11-8-14-5-2/h7-8H,4-6H2,1-3H3. The van der Waals surface area contributed by atoms with E-state index in [0.717, 1.165) is 24.3 Å². The normalized spacial score (nSPS) is 11.1. The van der Waals surface area contributed by atoms with E-state index in [4.69, 9.17) is 4.74 Å². The molecule has 4 heteroatoms. The van der Waals surface area contributed by atoms with E-state index in [9.17, 15) is 0 Å². The van der Waals surface area contributed by atoms with Crippen molar-refractivity contribution in [2.45, 2.75) is 33.7 Å². The Hall–Kier alpha value is -1.32. The Bertz CT molecular complexity index is 304. The van der Waals surface area contributed by atoms with Gasteiger partial charge in [0.2, 0.25) is 0 Å². The lowest BCUT2D eigenvalue weighted by atomic mass is 10.4. The van der Waals surface area contributed by atoms with Gasteiger partial charge >= 0.3 is 0 Å². The molecule has 0 aliphatic carbocycles. The second-order valence-corrected chi connectivity index (χ2v) is 3.06. The highest BCUT2D eigenvalue weighted by atomic mass is 16.5. The van der Waals surface area contributed by atoms with E-state index in [-0.39, 0.29) is 0 Å². The summed E-state index contributed by atoms with van der Waals surface area (Å²) in [4.78, 5) is 4.23. The summed E-state index contributed by atoms with van der Waals surface area (Å²) in [7, 11) is 0. The fourth-order valence-corrected chi connectivity index (χ4v) is 1.18. The summed E-state index contributed by atoms with van der Waals surface area (Å²) in [5.41, 5.74) is 1.08. The Labute approximate surface area is 84.6 Å². The smallest absolute Gasteiger partial charge is 0.176 e. The lowest BCUT2D eigenvalue weighted by Crippen LogP contribution is -1.98. The average molecular weight is 195 g/mol. The molecule has 14 heavy (non-hydrogen) atoms. The Balaban J connectivity index is 2.76. The third-order valence-corrected chi connectivity index (χ3v) is 1.84. The van der Waals surface area contributed by atoms with Crippen LogP contribution < -0.4 is 0 Å². The van der Waals surface area contributed by atoms with Crippen LogP contribution in [0.1, 0.15) is 25.8 Å². The number of aryl methyl sites for hydroxylation is 2. The molecule has 0 saturated carbocycles. The molecule has 0 amide bonds. The van der Waals surface area contributed by atoms with Crippen LogP contribution in [0, 0.1) is 6.92 Å². The van der Waals surface area contributed by atoms with Crippen LogP contribution in [0.5, 0.6) is 0 Å². The molecular formula is C10H17N3O. The van der Waals surface area contributed by atoms with Crippen molar-refractivity contribution in [2.24, 2.45) is 4.99 Å². The van der Waals surface area contributed by atoms with Crippen molar-refractivity contribution < 1.29 is 4.74 Å². The van der Waals surface area contributed by atoms with Gasteiger partial charge in [-0.3, -0.25) is 0 Å². The topological polar surface area (TPSA) is 39.4 Å². The van der Waals surface area contributed by atoms with Gasteiger partial charge in [0.05, 0.1) is 12.8 Å². The minimum Gasteiger partial charge on any atom is -0.483 e. The zero-order chi connectivity index (χ0) is 10.4. The summed E-state index contributed by atoms with van der Waals surface area (Å²) in [6.07, 6.45) is 4.36. The van der Waals surface area contributed by atoms with Crippen molar-refractivity contribution in [3.05, 3.63) is 11.8 Å². The summed E-state index contributed by atoms with van der Waals surface area (Å²) in [5, 5.41) is 4.23. The first-order valence-electron chi connectivity index (χ1n) is 4.96. The number of aromatic nitrogens is 2. The molecule has 0 aliphatic rings. The second-order valence-electron chi connectivity index (χ2n) is 3.06. The van der Waals surface area contributed by atoms with E-state index in [0.29, 0.717) is 6.61 Å². The largest absolute Gasteiger partial charge is 0.483 e. The van der Waals surface area contributed by atoms with Gasteiger partial charge in [-0.1, -0.05) is 6.92 Å². The fraction of sp³-hybridized carbons (Fsp3) is 0.600. The van der Waals surface area contributed by atoms with Gasteiger partial charge in [-0.25, -0.2) is 9.67 Å². The summed E-state index contributed by atoms with van der Waals surface area (Å²) < 4.78 is 6.96. The molecule has 0 N–H and O–H groups in total. The quantitative estimate of drug-likeness (QED) is 0.534. The van der Waals surface area contributed by atoms with Crippen molar-refractivity contribution in [3.8, 4) is 0 Å². The molecule has 0 aliphatic heterocycles. The van der Waals surface area contributed by atoms with Crippen molar-refractivity contribution in [3.63, 3.8) is 0 Å². The molecule has 0 spiro atoms. The lowest BCUT2D eigenvalue weighted by Gasteiger charge is -2.01. The zero-order valence-corrected chi connectivity index (χ0v) is 9.03. The second kappa shape index (κ2) is 5.42. The molecular weight excluding hydrogens is 178 g/mol. The average Bonchev–Trinajstić information content (AvgIpc) is 2.50. The molecule has 1 rings (SSSR count). The maximum atomic E-state index is 5.06. The van der Waals surface area contributed by atoms with Gasteiger partial charge in [-0.05, 0) is 20.3 Å². The summed E-state index contributed by atoms with van der Waals surface area (Å²) in [6, 6.07) is 0. The van der Waals surface area contributed by atoms with Gasteiger partial charge in [-0.2, -0.15) is 5.10 Å². The predicted molar refractivity (Wildman–Crippen MR) is 57.0 cm³/mol. The molecule has 1 aromatic heterocycles. The van der Waals surface area contributed by atoms with Crippen LogP contribution in [0.15, 0.2) is 11.2 Å². The van der Waals surface area contributed by atoms with E-state index in [1.165, 1.54) is 6.40 Å². The van der Waals surface area contributed by atoms with Gasteiger partial charge < -0.3 is 4.74 Å². The van der Waals surface area contributed by atoms with Gasteiger partial charge in [0.15, 0.2) is 12.2 Å². The first-order valence-corrected chi connectivity index (χ1v) is 4.96. The molecule has 78 valence electrons. The van der Waals surface area contributed by atoms with Crippen LogP contribution in [0.3, 0.4) is 0 Å². The first-order chi connectivity index (χ1) is 6.79. The Kier molecular flexibility index (Phi) is 4.16. The number of ether oxygens (including phenoxy) is 1. The van der Waals surface area contributed by atoms with Gasteiger partial charge in [0, 0.05) is 12.1 Å². The lowest BCUT2D eigenvalue weighted by molar-refractivity contribution is 0.343. The van der Waals surface area contributed by atoms with Crippen LogP contribution in [0.2, 0.25) is 0 Å². The molecule has 0 bridgehead atoms. The maximum Gasteiger partial charge on any atom is 0.176 e. The molecule has 0 aromatic carbocycles. The van der Waals surface area contributed by atoms with Crippen molar-refractivity contribution >= 4 is 12.2 Å². The molecule has 1 aromatic rings. The van der Waals surface area contributed by atoms with Crippen molar-refractivity contribution in [2.75, 3.05) is 6.61 Å². The minimum absolute atomic E-state index is 0.643. The van der Waals surface area contributed by atoms with Crippen LogP contribution >= 0.6 is 0 Å². The number of hydrogen-bond acceptors (Lipinski definition) is 3. The highest BCUT2D eigenvalue weighted by Gasteiger charge is 2.03. The molecule has 1 heterocycles. The van der Waals surface area contributed by atoms with E-state index >= 15 is 0 Å². The third kappa shape index (κ3) is 2.58. The molecule has 4 nitrogen and oxygen atoms in total. The zero-order valence-electron chi connectivity index (χ0n) is 9.03. The summed E-state index contributed by atoms with van der Waals surface area (Å²) in [5.74, 6) is 0.889. The van der Waals surface area contributed by atoms with E-state index in [1.807, 2.05) is 24.7 Å². The SMILES string of the molecule is CCCn1ncc(C)c1N=COCC. The van der Waals surface area contributed by atoms with Crippen molar-refractivity contribution in [1.29, 1.82) is 0 Å². The first kappa shape index (κ1) is 10.8. The summed E-state index contributed by atoms with van der Waals surface area (Å²) in [6.45, 7) is 7.59. The number of hydrogen-bond donors (Lipinski definition) is 0. The monoisotopic (exact) mass is 195 g/mol. The van der Waals surface area contributed by atoms with Crippen LogP contribution in [0.4, 0.5) is 5.82 Å². The van der Waals surface area contributed by atoms with Crippen LogP contribution in [-0.4, -0.2) is 22.8 Å². The van der Waals surface area contributed by atoms with Gasteiger partial charge in [0.1, 0.15) is 0 Å². The maximum absolute atomic E-state index is 5.06. The van der Waals surface area contributed by atoms with E-state index < -0.39 is 0 Å². The third-order valence-electron chi connectivity index (χ3n) is 1.84. The highest BCUT2D eigenvalue weighted by Crippen LogP contribution is 2.17. The molecule has 0 saturated heterocycles. The number of rotatable bonds is 5. The Morgan fingerprint density at radius 2 is 2.36 bits per heavy atom. The predicted octanol–water partition coefficient (Wildman–Crippen LogP) is 2.30. The Morgan fingerprint density at radius 1 is 1.57 bits per heavy atom. The molecule has 0 radical (unpaired) electrons. The van der Waals surface area contributed by atoms with E-state index in [1.54, 1.807) is 0 Å². The number of nitrogens with zero attached hydrogens (tertiary/aromatic N) is 3. The van der Waals surface area contributed by atoms with Crippen LogP contribution in [0.25, 0.3) is 0 Å².